The van der Waals surface area contributed by atoms with Crippen LogP contribution < -0.4 is 15.5 Å². The third kappa shape index (κ3) is 6.02. The second kappa shape index (κ2) is 11.9. The van der Waals surface area contributed by atoms with E-state index in [9.17, 15) is 14.0 Å². The van der Waals surface area contributed by atoms with Crippen molar-refractivity contribution in [3.05, 3.63) is 90.4 Å². The molecular weight excluding hydrogens is 551 g/mol. The van der Waals surface area contributed by atoms with E-state index in [1.165, 1.54) is 17.0 Å². The third-order valence-corrected chi connectivity index (χ3v) is 7.06. The highest BCUT2D eigenvalue weighted by molar-refractivity contribution is 6.01. The second-order valence-corrected chi connectivity index (χ2v) is 10.2. The van der Waals surface area contributed by atoms with Gasteiger partial charge in [0.05, 0.1) is 30.7 Å². The first-order chi connectivity index (χ1) is 20.9. The summed E-state index contributed by atoms with van der Waals surface area (Å²) >= 11 is 0. The van der Waals surface area contributed by atoms with Crippen molar-refractivity contribution >= 4 is 40.0 Å². The quantitative estimate of drug-likeness (QED) is 0.258. The van der Waals surface area contributed by atoms with Gasteiger partial charge in [-0.05, 0) is 66.7 Å². The molecule has 6 rings (SSSR count). The number of rotatable bonds is 6. The van der Waals surface area contributed by atoms with Crippen molar-refractivity contribution in [3.63, 3.8) is 0 Å². The number of carbonyl (C=O) groups is 2. The van der Waals surface area contributed by atoms with Crippen molar-refractivity contribution < 1.29 is 23.1 Å². The van der Waals surface area contributed by atoms with Crippen LogP contribution in [0, 0.1) is 5.82 Å². The summed E-state index contributed by atoms with van der Waals surface area (Å²) in [6.45, 7) is 2.68. The van der Waals surface area contributed by atoms with Gasteiger partial charge in [-0.2, -0.15) is 0 Å². The highest BCUT2D eigenvalue weighted by Crippen LogP contribution is 2.32. The van der Waals surface area contributed by atoms with Crippen LogP contribution in [0.25, 0.3) is 33.6 Å². The Kier molecular flexibility index (Phi) is 7.71. The molecule has 0 unspecified atom stereocenters. The highest BCUT2D eigenvalue weighted by Gasteiger charge is 2.19. The molecule has 0 aliphatic carbocycles. The fourth-order valence-electron chi connectivity index (χ4n) is 4.85. The van der Waals surface area contributed by atoms with Crippen LogP contribution in [0.5, 0.6) is 0 Å². The number of carbonyl (C=O) groups excluding carboxylic acids is 2. The summed E-state index contributed by atoms with van der Waals surface area (Å²) in [5, 5.41) is 6.12. The molecule has 10 nitrogen and oxygen atoms in total. The van der Waals surface area contributed by atoms with E-state index in [1.807, 2.05) is 42.5 Å². The zero-order valence-electron chi connectivity index (χ0n) is 23.6. The zero-order chi connectivity index (χ0) is 29.9. The van der Waals surface area contributed by atoms with E-state index < -0.39 is 11.8 Å². The van der Waals surface area contributed by atoms with Crippen LogP contribution in [0.15, 0.2) is 83.5 Å². The zero-order valence-corrected chi connectivity index (χ0v) is 23.6. The van der Waals surface area contributed by atoms with E-state index in [0.29, 0.717) is 24.7 Å². The average molecular weight is 581 g/mol. The molecule has 0 bridgehead atoms. The number of urea groups is 1. The summed E-state index contributed by atoms with van der Waals surface area (Å²) in [6.07, 6.45) is 1.64. The molecule has 0 atom stereocenters. The highest BCUT2D eigenvalue weighted by atomic mass is 19.1. The number of benzene rings is 3. The lowest BCUT2D eigenvalue weighted by Gasteiger charge is -2.29. The lowest BCUT2D eigenvalue weighted by atomic mass is 10.1. The molecule has 1 aliphatic heterocycles. The largest absolute Gasteiger partial charge is 0.464 e. The Morgan fingerprint density at radius 1 is 0.907 bits per heavy atom. The number of anilines is 3. The lowest BCUT2D eigenvalue weighted by Crippen LogP contribution is -2.37. The topological polar surface area (TPSA) is 113 Å². The molecule has 2 aromatic heterocycles. The van der Waals surface area contributed by atoms with Gasteiger partial charge in [0.25, 0.3) is 5.91 Å². The van der Waals surface area contributed by atoms with E-state index >= 15 is 0 Å². The van der Waals surface area contributed by atoms with Gasteiger partial charge in [0.2, 0.25) is 0 Å². The van der Waals surface area contributed by atoms with Crippen LogP contribution >= 0.6 is 0 Å². The Labute approximate surface area is 247 Å². The Hall–Kier alpha value is -5.29. The molecule has 3 amide bonds. The first kappa shape index (κ1) is 27.9. The number of hydrogen-bond acceptors (Lipinski definition) is 7. The van der Waals surface area contributed by atoms with Crippen LogP contribution in [0.2, 0.25) is 0 Å². The number of fused-ring (bicyclic) bond motifs is 1. The standard InChI is InChI=1S/C32H29FN6O4/c1-38(2)31(40)22-8-12-26(25(33)18-22)36-32(41)34-23-9-5-20(6-10-23)29-35-27-19-21(28-4-3-15-43-28)7-11-24(27)30(37-29)39-13-16-42-17-14-39/h3-12,15,18-19H,13-14,16-17H2,1-2H3,(H2,34,36,41). The van der Waals surface area contributed by atoms with Gasteiger partial charge in [-0.3, -0.25) is 4.79 Å². The number of nitrogens with zero attached hydrogens (tertiary/aromatic N) is 4. The summed E-state index contributed by atoms with van der Waals surface area (Å²) in [5.41, 5.74) is 3.10. The molecule has 2 N–H and O–H groups in total. The number of nitrogens with one attached hydrogen (secondary N) is 2. The maximum Gasteiger partial charge on any atom is 0.323 e. The van der Waals surface area contributed by atoms with Crippen LogP contribution in [0.4, 0.5) is 26.4 Å². The van der Waals surface area contributed by atoms with Crippen molar-refractivity contribution in [1.29, 1.82) is 0 Å². The van der Waals surface area contributed by atoms with Crippen molar-refractivity contribution in [2.45, 2.75) is 0 Å². The van der Waals surface area contributed by atoms with Crippen molar-refractivity contribution in [1.82, 2.24) is 14.9 Å². The van der Waals surface area contributed by atoms with Gasteiger partial charge < -0.3 is 29.6 Å². The summed E-state index contributed by atoms with van der Waals surface area (Å²) < 4.78 is 25.7. The molecule has 0 spiro atoms. The first-order valence-corrected chi connectivity index (χ1v) is 13.7. The fourth-order valence-corrected chi connectivity index (χ4v) is 4.85. The molecule has 3 heterocycles. The SMILES string of the molecule is CN(C)C(=O)c1ccc(NC(=O)Nc2ccc(-c3nc(N4CCOCC4)c4ccc(-c5ccco5)cc4n3)cc2)c(F)c1. The van der Waals surface area contributed by atoms with E-state index in [1.54, 1.807) is 32.5 Å². The molecule has 0 radical (unpaired) electrons. The van der Waals surface area contributed by atoms with Gasteiger partial charge in [-0.15, -0.1) is 0 Å². The average Bonchev–Trinajstić information content (AvgIpc) is 3.57. The molecule has 43 heavy (non-hydrogen) atoms. The summed E-state index contributed by atoms with van der Waals surface area (Å²) in [7, 11) is 3.16. The number of amides is 3. The molecule has 1 aliphatic rings. The van der Waals surface area contributed by atoms with Crippen LogP contribution in [0.3, 0.4) is 0 Å². The number of halogens is 1. The third-order valence-electron chi connectivity index (χ3n) is 7.06. The van der Waals surface area contributed by atoms with Crippen molar-refractivity contribution in [2.75, 3.05) is 55.9 Å². The van der Waals surface area contributed by atoms with Crippen molar-refractivity contribution in [2.24, 2.45) is 0 Å². The van der Waals surface area contributed by atoms with E-state index in [4.69, 9.17) is 19.1 Å². The predicted molar refractivity (Wildman–Crippen MR) is 163 cm³/mol. The number of morpholine rings is 1. The number of hydrogen-bond donors (Lipinski definition) is 2. The molecule has 5 aromatic rings. The molecule has 218 valence electrons. The molecule has 0 saturated carbocycles. The maximum atomic E-state index is 14.6. The Morgan fingerprint density at radius 3 is 2.37 bits per heavy atom. The van der Waals surface area contributed by atoms with Crippen LogP contribution in [-0.2, 0) is 4.74 Å². The monoisotopic (exact) mass is 580 g/mol. The minimum Gasteiger partial charge on any atom is -0.464 e. The molecule has 1 saturated heterocycles. The Morgan fingerprint density at radius 2 is 1.67 bits per heavy atom. The lowest BCUT2D eigenvalue weighted by molar-refractivity contribution is 0.0827. The van der Waals surface area contributed by atoms with Crippen molar-refractivity contribution in [3.8, 4) is 22.7 Å². The Balaban J connectivity index is 1.23. The summed E-state index contributed by atoms with van der Waals surface area (Å²) in [6, 6.07) is 20.1. The van der Waals surface area contributed by atoms with Gasteiger partial charge in [0, 0.05) is 54.9 Å². The molecule has 11 heteroatoms. The molecular formula is C32H29FN6O4. The molecule has 3 aromatic carbocycles. The summed E-state index contributed by atoms with van der Waals surface area (Å²) in [4.78, 5) is 38.0. The maximum absolute atomic E-state index is 14.6. The minimum absolute atomic E-state index is 0.0430. The van der Waals surface area contributed by atoms with Gasteiger partial charge in [-0.25, -0.2) is 19.2 Å². The van der Waals surface area contributed by atoms with Gasteiger partial charge >= 0.3 is 6.03 Å². The predicted octanol–water partition coefficient (Wildman–Crippen LogP) is 5.88. The number of furan rings is 1. The fraction of sp³-hybridized carbons (Fsp3) is 0.188. The van der Waals surface area contributed by atoms with Gasteiger partial charge in [-0.1, -0.05) is 6.07 Å². The normalized spacial score (nSPS) is 13.1. The first-order valence-electron chi connectivity index (χ1n) is 13.7. The van der Waals surface area contributed by atoms with E-state index in [2.05, 4.69) is 15.5 Å². The minimum atomic E-state index is -0.710. The smallest absolute Gasteiger partial charge is 0.323 e. The summed E-state index contributed by atoms with van der Waals surface area (Å²) in [5.74, 6) is 1.08. The number of aromatic nitrogens is 2. The Bertz CT molecular complexity index is 1780. The van der Waals surface area contributed by atoms with E-state index in [-0.39, 0.29) is 17.2 Å². The van der Waals surface area contributed by atoms with Crippen LogP contribution in [-0.4, -0.2) is 67.2 Å². The van der Waals surface area contributed by atoms with Gasteiger partial charge in [0.15, 0.2) is 5.82 Å². The van der Waals surface area contributed by atoms with E-state index in [0.717, 1.165) is 52.8 Å². The second-order valence-electron chi connectivity index (χ2n) is 10.2. The molecule has 1 fully saturated rings. The van der Waals surface area contributed by atoms with Gasteiger partial charge in [0.1, 0.15) is 17.4 Å². The van der Waals surface area contributed by atoms with Crippen LogP contribution in [0.1, 0.15) is 10.4 Å². The number of ether oxygens (including phenoxy) is 1.